The number of ether oxygens (including phenoxy) is 3. The number of rotatable bonds is 9. The Morgan fingerprint density at radius 2 is 1.98 bits per heavy atom. The van der Waals surface area contributed by atoms with Crippen molar-refractivity contribution in [1.82, 2.24) is 4.98 Å². The summed E-state index contributed by atoms with van der Waals surface area (Å²) in [6.45, 7) is 11.3. The monoisotopic (exact) mass is 627 g/mol. The van der Waals surface area contributed by atoms with Crippen LogP contribution in [0.3, 0.4) is 0 Å². The molecule has 45 heavy (non-hydrogen) atoms. The molecule has 0 aliphatic carbocycles. The first-order valence-corrected chi connectivity index (χ1v) is 15.5. The number of carboxylic acids is 1. The van der Waals surface area contributed by atoms with E-state index in [2.05, 4.69) is 4.98 Å². The summed E-state index contributed by atoms with van der Waals surface area (Å²) in [7, 11) is 1.60. The number of methoxy groups -OCH3 is 1. The average Bonchev–Trinajstić information content (AvgIpc) is 3.47. The number of cyclic esters (lactones) is 1. The largest absolute Gasteiger partial charge is 0.481 e. The number of carbonyl (C=O) groups excluding carboxylic acids is 1. The van der Waals surface area contributed by atoms with Crippen LogP contribution in [0.1, 0.15) is 71.9 Å². The Labute approximate surface area is 266 Å². The van der Waals surface area contributed by atoms with Crippen molar-refractivity contribution in [1.29, 1.82) is 0 Å². The fraction of sp³-hybridized carbons (Fsp3) is 0.571. The van der Waals surface area contributed by atoms with Crippen molar-refractivity contribution in [3.63, 3.8) is 0 Å². The second kappa shape index (κ2) is 16.3. The molecule has 0 saturated carbocycles. The number of aliphatic carboxylic acids is 1. The minimum Gasteiger partial charge on any atom is -0.481 e. The molecule has 3 heterocycles. The number of aromatic nitrogens is 1. The molecular formula is C35H49NO9. The maximum Gasteiger partial charge on any atom is 0.330 e. The van der Waals surface area contributed by atoms with E-state index in [9.17, 15) is 24.9 Å². The molecular weight excluding hydrogens is 578 g/mol. The van der Waals surface area contributed by atoms with Gasteiger partial charge in [0.05, 0.1) is 18.3 Å². The van der Waals surface area contributed by atoms with Crippen LogP contribution in [0.5, 0.6) is 0 Å². The van der Waals surface area contributed by atoms with E-state index in [1.807, 2.05) is 71.1 Å². The Morgan fingerprint density at radius 1 is 1.24 bits per heavy atom. The van der Waals surface area contributed by atoms with Crippen LogP contribution in [-0.2, 0) is 23.8 Å². The standard InChI is InChI=1S/C35H49NO9/c1-21(16-27-20-43-25(5)36-27)10-8-11-23(3)34(42-7)24(4)29-19-30(38)35(6)31(45-35)15-14-22(2)28(37)17-26(18-32(39)40)12-9-13-33(41)44-29/h8-11,13-16,20,22,24,26,28-31,34,37-38H,12,17-19H2,1-7H3,(H,39,40)/b10-8+,13-9+,15-14+,21-16-,23-11+/t22-,24+,26-,28-,29+,30+,31-,34+,35+/m1/s1. The number of fused-ring (bicyclic) bond motifs is 1. The van der Waals surface area contributed by atoms with Crippen LogP contribution in [-0.4, -0.2) is 75.5 Å². The summed E-state index contributed by atoms with van der Waals surface area (Å²) < 4.78 is 22.9. The fourth-order valence-corrected chi connectivity index (χ4v) is 5.76. The van der Waals surface area contributed by atoms with E-state index in [4.69, 9.17) is 18.6 Å². The number of hydrogen-bond donors (Lipinski definition) is 3. The molecule has 2 aliphatic rings. The summed E-state index contributed by atoms with van der Waals surface area (Å²) in [6.07, 6.45) is 13.2. The summed E-state index contributed by atoms with van der Waals surface area (Å²) in [5.41, 5.74) is 1.74. The van der Waals surface area contributed by atoms with Gasteiger partial charge in [0.1, 0.15) is 29.8 Å². The number of hydrogen-bond acceptors (Lipinski definition) is 9. The zero-order chi connectivity index (χ0) is 33.3. The first kappa shape index (κ1) is 36.2. The zero-order valence-corrected chi connectivity index (χ0v) is 27.4. The van der Waals surface area contributed by atoms with E-state index in [-0.39, 0.29) is 43.1 Å². The quantitative estimate of drug-likeness (QED) is 0.141. The maximum atomic E-state index is 13.0. The highest BCUT2D eigenvalue weighted by Crippen LogP contribution is 2.43. The van der Waals surface area contributed by atoms with Gasteiger partial charge in [-0.15, -0.1) is 0 Å². The SMILES string of the molecule is CO[C@@H](/C(C)=C/C=C/C(C)=C\c1coc(C)n1)[C@@H](C)[C@@H]1C[C@H](O)[C@]2(C)O[C@@H]2/C=C/[C@@H](C)[C@H](O)C[C@H](CC(=O)O)C/C=C/C(=O)O1. The van der Waals surface area contributed by atoms with Crippen molar-refractivity contribution in [3.05, 3.63) is 71.5 Å². The van der Waals surface area contributed by atoms with Gasteiger partial charge in [0.2, 0.25) is 0 Å². The van der Waals surface area contributed by atoms with Gasteiger partial charge in [-0.1, -0.05) is 50.3 Å². The Hall–Kier alpha value is -3.31. The highest BCUT2D eigenvalue weighted by molar-refractivity contribution is 5.82. The summed E-state index contributed by atoms with van der Waals surface area (Å²) in [4.78, 5) is 28.8. The van der Waals surface area contributed by atoms with E-state index < -0.39 is 42.0 Å². The predicted octanol–water partition coefficient (Wildman–Crippen LogP) is 5.35. The van der Waals surface area contributed by atoms with Crippen LogP contribution in [0.4, 0.5) is 0 Å². The molecule has 10 nitrogen and oxygen atoms in total. The van der Waals surface area contributed by atoms with Crippen molar-refractivity contribution in [2.45, 2.75) is 103 Å². The van der Waals surface area contributed by atoms with Crippen LogP contribution < -0.4 is 0 Å². The zero-order valence-electron chi connectivity index (χ0n) is 27.4. The number of aliphatic hydroxyl groups excluding tert-OH is 2. The van der Waals surface area contributed by atoms with Crippen molar-refractivity contribution in [3.8, 4) is 0 Å². The van der Waals surface area contributed by atoms with Gasteiger partial charge in [-0.2, -0.15) is 0 Å². The molecule has 0 amide bonds. The Bertz CT molecular complexity index is 1310. The summed E-state index contributed by atoms with van der Waals surface area (Å²) in [6, 6.07) is 0. The van der Waals surface area contributed by atoms with Gasteiger partial charge in [0.15, 0.2) is 5.89 Å². The van der Waals surface area contributed by atoms with Gasteiger partial charge in [-0.3, -0.25) is 4.79 Å². The second-order valence-electron chi connectivity index (χ2n) is 12.6. The third-order valence-electron chi connectivity index (χ3n) is 8.73. The van der Waals surface area contributed by atoms with E-state index >= 15 is 0 Å². The third kappa shape index (κ3) is 10.6. The topological polar surface area (TPSA) is 152 Å². The molecule has 1 saturated heterocycles. The summed E-state index contributed by atoms with van der Waals surface area (Å²) in [5.74, 6) is -1.92. The van der Waals surface area contributed by atoms with E-state index in [1.165, 1.54) is 6.08 Å². The smallest absolute Gasteiger partial charge is 0.330 e. The number of oxazole rings is 1. The van der Waals surface area contributed by atoms with E-state index in [1.54, 1.807) is 26.4 Å². The van der Waals surface area contributed by atoms with E-state index in [0.717, 1.165) is 16.8 Å². The van der Waals surface area contributed by atoms with Gasteiger partial charge in [-0.25, -0.2) is 9.78 Å². The molecule has 0 radical (unpaired) electrons. The molecule has 1 fully saturated rings. The minimum atomic E-state index is -0.967. The molecule has 0 spiro atoms. The number of epoxide rings is 1. The molecule has 3 N–H and O–H groups in total. The van der Waals surface area contributed by atoms with Crippen LogP contribution in [0.15, 0.2) is 64.4 Å². The Balaban J connectivity index is 1.82. The van der Waals surface area contributed by atoms with E-state index in [0.29, 0.717) is 12.3 Å². The lowest BCUT2D eigenvalue weighted by Gasteiger charge is -2.32. The number of esters is 1. The van der Waals surface area contributed by atoms with Crippen molar-refractivity contribution >= 4 is 18.0 Å². The third-order valence-corrected chi connectivity index (χ3v) is 8.73. The van der Waals surface area contributed by atoms with Crippen LogP contribution in [0, 0.1) is 24.7 Å². The fourth-order valence-electron chi connectivity index (χ4n) is 5.76. The van der Waals surface area contributed by atoms with Crippen LogP contribution in [0.2, 0.25) is 0 Å². The molecule has 248 valence electrons. The van der Waals surface area contributed by atoms with Crippen LogP contribution >= 0.6 is 0 Å². The highest BCUT2D eigenvalue weighted by atomic mass is 16.6. The Kier molecular flexibility index (Phi) is 13.1. The Morgan fingerprint density at radius 3 is 2.62 bits per heavy atom. The lowest BCUT2D eigenvalue weighted by Crippen LogP contribution is -2.41. The average molecular weight is 628 g/mol. The molecule has 2 aliphatic heterocycles. The molecule has 0 aromatic carbocycles. The van der Waals surface area contributed by atoms with Gasteiger partial charge >= 0.3 is 11.9 Å². The van der Waals surface area contributed by atoms with Gasteiger partial charge in [0, 0.05) is 44.8 Å². The minimum absolute atomic E-state index is 0.114. The molecule has 3 rings (SSSR count). The number of carboxylic acid groups (broad SMARTS) is 1. The summed E-state index contributed by atoms with van der Waals surface area (Å²) >= 11 is 0. The number of carbonyl (C=O) groups is 2. The molecule has 1 aromatic rings. The number of nitrogens with zero attached hydrogens (tertiary/aromatic N) is 1. The first-order valence-electron chi connectivity index (χ1n) is 15.5. The molecule has 0 unspecified atom stereocenters. The number of allylic oxidation sites excluding steroid dienone is 5. The van der Waals surface area contributed by atoms with Crippen molar-refractivity contribution in [2.24, 2.45) is 17.8 Å². The normalized spacial score (nSPS) is 33.2. The lowest BCUT2D eigenvalue weighted by atomic mass is 9.85. The molecule has 9 atom stereocenters. The second-order valence-corrected chi connectivity index (χ2v) is 12.6. The van der Waals surface area contributed by atoms with Crippen molar-refractivity contribution < 1.29 is 43.5 Å². The highest BCUT2D eigenvalue weighted by Gasteiger charge is 2.56. The van der Waals surface area contributed by atoms with Crippen molar-refractivity contribution in [2.75, 3.05) is 7.11 Å². The molecule has 10 heteroatoms. The molecule has 0 bridgehead atoms. The number of aliphatic hydroxyl groups is 2. The first-order chi connectivity index (χ1) is 21.2. The van der Waals surface area contributed by atoms with Gasteiger partial charge in [-0.05, 0) is 56.8 Å². The summed E-state index contributed by atoms with van der Waals surface area (Å²) in [5, 5.41) is 31.4. The van der Waals surface area contributed by atoms with Gasteiger partial charge in [0.25, 0.3) is 0 Å². The van der Waals surface area contributed by atoms with Gasteiger partial charge < -0.3 is 33.9 Å². The maximum absolute atomic E-state index is 13.0. The van der Waals surface area contributed by atoms with Crippen LogP contribution in [0.25, 0.3) is 6.08 Å². The number of aryl methyl sites for hydroxylation is 1. The predicted molar refractivity (Wildman–Crippen MR) is 170 cm³/mol. The lowest BCUT2D eigenvalue weighted by molar-refractivity contribution is -0.150. The molecule has 1 aromatic heterocycles.